The fourth-order valence-electron chi connectivity index (χ4n) is 2.05. The largest absolute Gasteiger partial charge is 0.300 e. The van der Waals surface area contributed by atoms with Gasteiger partial charge in [-0.2, -0.15) is 0 Å². The van der Waals surface area contributed by atoms with E-state index in [1.807, 2.05) is 61.5 Å². The van der Waals surface area contributed by atoms with Gasteiger partial charge in [0.1, 0.15) is 5.84 Å². The molecule has 22 heavy (non-hydrogen) atoms. The summed E-state index contributed by atoms with van der Waals surface area (Å²) in [7, 11) is 0. The van der Waals surface area contributed by atoms with Crippen molar-refractivity contribution in [2.24, 2.45) is 4.99 Å². The predicted molar refractivity (Wildman–Crippen MR) is 93.8 cm³/mol. The van der Waals surface area contributed by atoms with Crippen LogP contribution in [-0.2, 0) is 0 Å². The lowest BCUT2D eigenvalue weighted by atomic mass is 10.2. The third-order valence-electron chi connectivity index (χ3n) is 3.07. The zero-order valence-corrected chi connectivity index (χ0v) is 13.4. The first-order chi connectivity index (χ1) is 10.6. The van der Waals surface area contributed by atoms with Gasteiger partial charge in [-0.15, -0.1) is 0 Å². The highest BCUT2D eigenvalue weighted by Crippen LogP contribution is 2.28. The molecular weight excluding hydrogens is 316 g/mol. The maximum atomic E-state index is 11.7. The van der Waals surface area contributed by atoms with E-state index in [0.29, 0.717) is 10.9 Å². The molecule has 2 aromatic rings. The quantitative estimate of drug-likeness (QED) is 0.825. The highest BCUT2D eigenvalue weighted by molar-refractivity contribution is 8.18. The average molecular weight is 329 g/mol. The van der Waals surface area contributed by atoms with E-state index in [-0.39, 0.29) is 5.24 Å². The summed E-state index contributed by atoms with van der Waals surface area (Å²) in [6.45, 7) is 2.01. The van der Waals surface area contributed by atoms with Gasteiger partial charge in [-0.3, -0.25) is 4.79 Å². The molecule has 1 fully saturated rings. The molecular formula is C17H13ClN2OS. The van der Waals surface area contributed by atoms with Crippen LogP contribution in [0.15, 0.2) is 58.4 Å². The molecule has 5 heteroatoms. The molecule has 0 unspecified atom stereocenters. The number of halogens is 1. The number of aryl methyl sites for hydroxylation is 1. The Morgan fingerprint density at radius 2 is 1.95 bits per heavy atom. The van der Waals surface area contributed by atoms with Crippen molar-refractivity contribution in [2.45, 2.75) is 6.92 Å². The molecule has 3 rings (SSSR count). The number of benzene rings is 2. The summed E-state index contributed by atoms with van der Waals surface area (Å²) in [5.41, 5.74) is 2.92. The molecule has 0 atom stereocenters. The van der Waals surface area contributed by atoms with E-state index < -0.39 is 0 Å². The Kier molecular flexibility index (Phi) is 4.32. The van der Waals surface area contributed by atoms with Crippen molar-refractivity contribution in [3.63, 3.8) is 0 Å². The van der Waals surface area contributed by atoms with Crippen LogP contribution in [0.25, 0.3) is 6.08 Å². The van der Waals surface area contributed by atoms with Gasteiger partial charge in [0.2, 0.25) is 0 Å². The van der Waals surface area contributed by atoms with Gasteiger partial charge in [0, 0.05) is 5.02 Å². The second kappa shape index (κ2) is 6.38. The molecule has 1 N–H and O–H groups in total. The van der Waals surface area contributed by atoms with Crippen molar-refractivity contribution in [2.75, 3.05) is 0 Å². The highest BCUT2D eigenvalue weighted by atomic mass is 35.5. The Morgan fingerprint density at radius 1 is 1.18 bits per heavy atom. The number of hydrogen-bond acceptors (Lipinski definition) is 3. The molecule has 1 aliphatic heterocycles. The number of amidine groups is 1. The number of nitrogens with zero attached hydrogens (tertiary/aromatic N) is 1. The second-order valence-corrected chi connectivity index (χ2v) is 6.33. The number of nitrogens with one attached hydrogen (secondary N) is 1. The zero-order chi connectivity index (χ0) is 15.5. The van der Waals surface area contributed by atoms with Crippen molar-refractivity contribution in [1.29, 1.82) is 0 Å². The lowest BCUT2D eigenvalue weighted by Crippen LogP contribution is -2.18. The summed E-state index contributed by atoms with van der Waals surface area (Å²) in [6, 6.07) is 15.3. The van der Waals surface area contributed by atoms with E-state index >= 15 is 0 Å². The Bertz CT molecular complexity index is 782. The minimum absolute atomic E-state index is 0.119. The fraction of sp³-hybridized carbons (Fsp3) is 0.0588. The second-order valence-electron chi connectivity index (χ2n) is 4.87. The van der Waals surface area contributed by atoms with E-state index in [0.717, 1.165) is 33.5 Å². The van der Waals surface area contributed by atoms with Crippen molar-refractivity contribution in [3.8, 4) is 0 Å². The molecule has 0 aromatic heterocycles. The SMILES string of the molecule is Cc1cccc(N=C2NC(=O)SC2=Cc2ccc(Cl)cc2)c1. The minimum atomic E-state index is -0.119. The van der Waals surface area contributed by atoms with Crippen LogP contribution in [-0.4, -0.2) is 11.1 Å². The van der Waals surface area contributed by atoms with Gasteiger partial charge in [-0.1, -0.05) is 35.9 Å². The predicted octanol–water partition coefficient (Wildman–Crippen LogP) is 5.18. The third-order valence-corrected chi connectivity index (χ3v) is 4.14. The van der Waals surface area contributed by atoms with Crippen molar-refractivity contribution >= 4 is 46.2 Å². The molecule has 110 valence electrons. The average Bonchev–Trinajstić information content (AvgIpc) is 2.81. The van der Waals surface area contributed by atoms with Gasteiger partial charge in [-0.05, 0) is 60.2 Å². The number of amides is 1. The monoisotopic (exact) mass is 328 g/mol. The number of carbonyl (C=O) groups excluding carboxylic acids is 1. The van der Waals surface area contributed by atoms with E-state index in [9.17, 15) is 4.79 Å². The van der Waals surface area contributed by atoms with Crippen LogP contribution < -0.4 is 5.32 Å². The zero-order valence-electron chi connectivity index (χ0n) is 11.8. The van der Waals surface area contributed by atoms with E-state index in [2.05, 4.69) is 10.3 Å². The fourth-order valence-corrected chi connectivity index (χ4v) is 2.91. The van der Waals surface area contributed by atoms with Crippen molar-refractivity contribution in [1.82, 2.24) is 5.32 Å². The van der Waals surface area contributed by atoms with E-state index in [1.54, 1.807) is 0 Å². The Hall–Kier alpha value is -2.04. The topological polar surface area (TPSA) is 41.5 Å². The molecule has 0 spiro atoms. The molecule has 0 radical (unpaired) electrons. The molecule has 0 bridgehead atoms. The lowest BCUT2D eigenvalue weighted by Gasteiger charge is -2.01. The maximum Gasteiger partial charge on any atom is 0.289 e. The number of aliphatic imine (C=N–C) groups is 1. The lowest BCUT2D eigenvalue weighted by molar-refractivity contribution is 0.265. The number of thioether (sulfide) groups is 1. The number of hydrogen-bond donors (Lipinski definition) is 1. The van der Waals surface area contributed by atoms with Crippen LogP contribution in [0.3, 0.4) is 0 Å². The minimum Gasteiger partial charge on any atom is -0.300 e. The molecule has 0 saturated carbocycles. The van der Waals surface area contributed by atoms with Gasteiger partial charge < -0.3 is 5.32 Å². The van der Waals surface area contributed by atoms with Gasteiger partial charge in [-0.25, -0.2) is 4.99 Å². The standard InChI is InChI=1S/C17H13ClN2OS/c1-11-3-2-4-14(9-11)19-16-15(22-17(21)20-16)10-12-5-7-13(18)8-6-12/h2-10H,1H3,(H,19,20,21). The first-order valence-electron chi connectivity index (χ1n) is 6.72. The summed E-state index contributed by atoms with van der Waals surface area (Å²) >= 11 is 7.03. The van der Waals surface area contributed by atoms with Gasteiger partial charge in [0.25, 0.3) is 5.24 Å². The number of carbonyl (C=O) groups is 1. The molecule has 2 aromatic carbocycles. The maximum absolute atomic E-state index is 11.7. The van der Waals surface area contributed by atoms with Crippen LogP contribution in [0.1, 0.15) is 11.1 Å². The van der Waals surface area contributed by atoms with E-state index in [1.165, 1.54) is 0 Å². The summed E-state index contributed by atoms with van der Waals surface area (Å²) in [4.78, 5) is 17.0. The van der Waals surface area contributed by atoms with Crippen molar-refractivity contribution in [3.05, 3.63) is 69.6 Å². The number of rotatable bonds is 2. The molecule has 1 aliphatic rings. The molecule has 3 nitrogen and oxygen atoms in total. The van der Waals surface area contributed by atoms with Gasteiger partial charge in [0.05, 0.1) is 10.6 Å². The molecule has 1 saturated heterocycles. The Labute approximate surface area is 138 Å². The van der Waals surface area contributed by atoms with Crippen molar-refractivity contribution < 1.29 is 4.79 Å². The molecule has 1 heterocycles. The van der Waals surface area contributed by atoms with Crippen LogP contribution >= 0.6 is 23.4 Å². The summed E-state index contributed by atoms with van der Waals surface area (Å²) in [5, 5.41) is 3.35. The molecule has 0 aliphatic carbocycles. The summed E-state index contributed by atoms with van der Waals surface area (Å²) < 4.78 is 0. The Morgan fingerprint density at radius 3 is 2.68 bits per heavy atom. The first kappa shape index (κ1) is 14.9. The first-order valence-corrected chi connectivity index (χ1v) is 7.91. The summed E-state index contributed by atoms with van der Waals surface area (Å²) in [6.07, 6.45) is 1.92. The third kappa shape index (κ3) is 3.59. The molecule has 1 amide bonds. The van der Waals surface area contributed by atoms with Gasteiger partial charge in [0.15, 0.2) is 0 Å². The Balaban J connectivity index is 1.95. The van der Waals surface area contributed by atoms with Crippen LogP contribution in [0.5, 0.6) is 0 Å². The highest BCUT2D eigenvalue weighted by Gasteiger charge is 2.23. The normalized spacial score (nSPS) is 18.0. The van der Waals surface area contributed by atoms with Crippen LogP contribution in [0.4, 0.5) is 10.5 Å². The van der Waals surface area contributed by atoms with Gasteiger partial charge >= 0.3 is 0 Å². The summed E-state index contributed by atoms with van der Waals surface area (Å²) in [5.74, 6) is 0.579. The van der Waals surface area contributed by atoms with Crippen LogP contribution in [0.2, 0.25) is 5.02 Å². The van der Waals surface area contributed by atoms with Crippen LogP contribution in [0, 0.1) is 6.92 Å². The smallest absolute Gasteiger partial charge is 0.289 e. The van der Waals surface area contributed by atoms with E-state index in [4.69, 9.17) is 11.6 Å².